The number of nitrogens with zero attached hydrogens (tertiary/aromatic N) is 1. The molecule has 0 aromatic rings. The summed E-state index contributed by atoms with van der Waals surface area (Å²) in [5, 5.41) is 3.01. The van der Waals surface area contributed by atoms with E-state index in [2.05, 4.69) is 117 Å². The van der Waals surface area contributed by atoms with Crippen LogP contribution in [-0.4, -0.2) is 74.3 Å². The molecule has 0 aromatic carbocycles. The van der Waals surface area contributed by atoms with Gasteiger partial charge >= 0.3 is 13.8 Å². The van der Waals surface area contributed by atoms with E-state index in [-0.39, 0.29) is 37.9 Å². The number of esters is 1. The lowest BCUT2D eigenvalue weighted by Crippen LogP contribution is -2.47. The zero-order valence-corrected chi connectivity index (χ0v) is 52.0. The molecule has 10 heteroatoms. The summed E-state index contributed by atoms with van der Waals surface area (Å²) in [6, 6.07) is -0.888. The number of unbranched alkanes of at least 4 members (excludes halogenated alkanes) is 24. The van der Waals surface area contributed by atoms with E-state index in [1.165, 1.54) is 116 Å². The molecule has 0 spiro atoms. The fraction of sp³-hybridized carbons (Fsp3) is 0.706. The summed E-state index contributed by atoms with van der Waals surface area (Å²) in [5.74, 6) is -0.598. The minimum atomic E-state index is -4.47. The number of amides is 1. The fourth-order valence-electron chi connectivity index (χ4n) is 8.58. The van der Waals surface area contributed by atoms with E-state index >= 15 is 0 Å². The molecule has 3 unspecified atom stereocenters. The average molecular weight is 1110 g/mol. The lowest BCUT2D eigenvalue weighted by atomic mass is 10.0. The molecule has 0 aromatic heterocycles. The molecule has 448 valence electrons. The van der Waals surface area contributed by atoms with E-state index in [0.29, 0.717) is 17.4 Å². The SMILES string of the molecule is CC/C=C\C/C=C\C/C=C\C/C=C\C/C=C\C/C=C\CCCCCCCCCCC(=O)OC(/C=C\CCCCCCCCCCCC)C(COP(=O)(O)OCC[N+](C)(C)C)NC(=O)CC/C=C/C/C=C\CCCCCCCC. The van der Waals surface area contributed by atoms with Crippen LogP contribution in [0.15, 0.2) is 109 Å². The minimum absolute atomic E-state index is 0.0249. The Balaban J connectivity index is 5.18. The molecule has 0 aliphatic rings. The van der Waals surface area contributed by atoms with E-state index in [1.807, 2.05) is 39.4 Å². The highest BCUT2D eigenvalue weighted by Gasteiger charge is 2.30. The van der Waals surface area contributed by atoms with E-state index < -0.39 is 20.0 Å². The van der Waals surface area contributed by atoms with Gasteiger partial charge in [0.15, 0.2) is 0 Å². The highest BCUT2D eigenvalue weighted by Crippen LogP contribution is 2.43. The quantitative estimate of drug-likeness (QED) is 0.0205. The van der Waals surface area contributed by atoms with Gasteiger partial charge in [0.05, 0.1) is 33.8 Å². The first-order valence-corrected chi connectivity index (χ1v) is 33.2. The van der Waals surface area contributed by atoms with Crippen LogP contribution in [0.4, 0.5) is 0 Å². The normalized spacial score (nSPS) is 14.4. The molecule has 3 atom stereocenters. The molecule has 0 aliphatic carbocycles. The maximum absolute atomic E-state index is 13.5. The summed E-state index contributed by atoms with van der Waals surface area (Å²) >= 11 is 0. The molecule has 0 rings (SSSR count). The molecule has 0 radical (unpaired) electrons. The minimum Gasteiger partial charge on any atom is -0.456 e. The number of rotatable bonds is 56. The van der Waals surface area contributed by atoms with Gasteiger partial charge in [-0.3, -0.25) is 18.6 Å². The zero-order valence-electron chi connectivity index (χ0n) is 51.1. The maximum atomic E-state index is 13.5. The Hall–Kier alpha value is -3.33. The summed E-state index contributed by atoms with van der Waals surface area (Å²) in [6.45, 7) is 6.83. The number of quaternary nitrogens is 1. The van der Waals surface area contributed by atoms with Crippen molar-refractivity contribution in [3.63, 3.8) is 0 Å². The number of phosphoric ester groups is 1. The third kappa shape index (κ3) is 57.4. The van der Waals surface area contributed by atoms with Gasteiger partial charge in [0.25, 0.3) is 0 Å². The second kappa shape index (κ2) is 56.9. The van der Waals surface area contributed by atoms with Crippen LogP contribution in [0, 0.1) is 0 Å². The van der Waals surface area contributed by atoms with Crippen molar-refractivity contribution in [3.8, 4) is 0 Å². The summed E-state index contributed by atoms with van der Waals surface area (Å²) in [7, 11) is 1.45. The molecule has 0 heterocycles. The van der Waals surface area contributed by atoms with E-state index in [9.17, 15) is 19.0 Å². The van der Waals surface area contributed by atoms with Crippen LogP contribution >= 0.6 is 7.82 Å². The zero-order chi connectivity index (χ0) is 57.2. The first-order valence-electron chi connectivity index (χ1n) is 31.7. The van der Waals surface area contributed by atoms with Crippen LogP contribution in [-0.2, 0) is 27.9 Å². The van der Waals surface area contributed by atoms with Gasteiger partial charge in [0.1, 0.15) is 19.3 Å². The van der Waals surface area contributed by atoms with Crippen molar-refractivity contribution in [2.45, 2.75) is 270 Å². The van der Waals surface area contributed by atoms with Crippen LogP contribution < -0.4 is 5.32 Å². The number of nitrogens with one attached hydrogen (secondary N) is 1. The van der Waals surface area contributed by atoms with Gasteiger partial charge in [-0.05, 0) is 102 Å². The molecule has 0 saturated carbocycles. The number of allylic oxidation sites excluding steroid dienone is 17. The highest BCUT2D eigenvalue weighted by molar-refractivity contribution is 7.47. The van der Waals surface area contributed by atoms with Crippen molar-refractivity contribution in [2.75, 3.05) is 40.9 Å². The summed E-state index contributed by atoms with van der Waals surface area (Å²) in [4.78, 5) is 37.6. The Morgan fingerprint density at radius 1 is 0.462 bits per heavy atom. The summed E-state index contributed by atoms with van der Waals surface area (Å²) in [6.07, 6.45) is 78.2. The molecular weight excluding hydrogens is 988 g/mol. The van der Waals surface area contributed by atoms with Gasteiger partial charge in [0.2, 0.25) is 5.91 Å². The number of ether oxygens (including phenoxy) is 1. The lowest BCUT2D eigenvalue weighted by Gasteiger charge is -2.27. The van der Waals surface area contributed by atoms with E-state index in [4.69, 9.17) is 13.8 Å². The molecule has 2 N–H and O–H groups in total. The van der Waals surface area contributed by atoms with Crippen molar-refractivity contribution in [1.82, 2.24) is 5.32 Å². The van der Waals surface area contributed by atoms with Gasteiger partial charge < -0.3 is 19.4 Å². The number of hydrogen-bond donors (Lipinski definition) is 2. The summed E-state index contributed by atoms with van der Waals surface area (Å²) in [5.41, 5.74) is 0. The Morgan fingerprint density at radius 2 is 0.833 bits per heavy atom. The lowest BCUT2D eigenvalue weighted by molar-refractivity contribution is -0.870. The van der Waals surface area contributed by atoms with Crippen molar-refractivity contribution < 1.29 is 37.3 Å². The first-order chi connectivity index (χ1) is 37.9. The van der Waals surface area contributed by atoms with Crippen molar-refractivity contribution in [2.24, 2.45) is 0 Å². The standard InChI is InChI=1S/C68H119N2O7P/c1-7-10-13-16-19-22-25-28-29-30-31-32-33-34-35-36-37-38-39-40-41-43-46-49-52-55-58-61-68(72)77-66(59-56-53-50-47-44-27-24-21-18-15-12-9-3)65(64-76-78(73,74)75-63-62-70(4,5)6)69-67(71)60-57-54-51-48-45-42-26-23-20-17-14-11-8-2/h10,13,19,22,28-29,31-32,34-35,37-38,42,45,51,54,56,59,65-66H,7-9,11-12,14-18,20-21,23-27,30,33,36,39-41,43-44,46-50,52-53,55,57-58,60-64H2,1-6H3,(H-,69,71,73,74)/p+1/b13-10-,22-19-,29-28-,32-31-,35-34-,38-37-,45-42-,54-51+,59-56-. The number of carbonyl (C=O) groups is 2. The molecular formula is C68H120N2O7P+. The molecule has 0 fully saturated rings. The van der Waals surface area contributed by atoms with Crippen LogP contribution in [0.25, 0.3) is 0 Å². The number of likely N-dealkylation sites (N-methyl/N-ethyl adjacent to an activating group) is 1. The maximum Gasteiger partial charge on any atom is 0.472 e. The van der Waals surface area contributed by atoms with Gasteiger partial charge in [0, 0.05) is 12.8 Å². The average Bonchev–Trinajstić information content (AvgIpc) is 3.40. The molecule has 9 nitrogen and oxygen atoms in total. The second-order valence-corrected chi connectivity index (χ2v) is 23.6. The van der Waals surface area contributed by atoms with Crippen LogP contribution in [0.1, 0.15) is 258 Å². The smallest absolute Gasteiger partial charge is 0.456 e. The van der Waals surface area contributed by atoms with E-state index in [0.717, 1.165) is 103 Å². The van der Waals surface area contributed by atoms with Gasteiger partial charge in [-0.15, -0.1) is 0 Å². The van der Waals surface area contributed by atoms with Crippen LogP contribution in [0.2, 0.25) is 0 Å². The third-order valence-electron chi connectivity index (χ3n) is 13.5. The van der Waals surface area contributed by atoms with Crippen molar-refractivity contribution in [1.29, 1.82) is 0 Å². The van der Waals surface area contributed by atoms with Crippen molar-refractivity contribution in [3.05, 3.63) is 109 Å². The molecule has 0 aliphatic heterocycles. The van der Waals surface area contributed by atoms with Gasteiger partial charge in [-0.25, -0.2) is 4.57 Å². The molecule has 78 heavy (non-hydrogen) atoms. The van der Waals surface area contributed by atoms with Crippen molar-refractivity contribution >= 4 is 19.7 Å². The largest absolute Gasteiger partial charge is 0.472 e. The summed E-state index contributed by atoms with van der Waals surface area (Å²) < 4.78 is 30.6. The Bertz CT molecular complexity index is 1700. The second-order valence-electron chi connectivity index (χ2n) is 22.2. The predicted molar refractivity (Wildman–Crippen MR) is 337 cm³/mol. The third-order valence-corrected chi connectivity index (χ3v) is 14.4. The Labute approximate surface area is 481 Å². The monoisotopic (exact) mass is 1110 g/mol. The number of hydrogen-bond acceptors (Lipinski definition) is 6. The molecule has 0 bridgehead atoms. The van der Waals surface area contributed by atoms with E-state index in [1.54, 1.807) is 0 Å². The fourth-order valence-corrected chi connectivity index (χ4v) is 9.32. The molecule has 0 saturated heterocycles. The molecule has 1 amide bonds. The predicted octanol–water partition coefficient (Wildman–Crippen LogP) is 19.7. The number of carbonyl (C=O) groups excluding carboxylic acids is 2. The van der Waals surface area contributed by atoms with Crippen LogP contribution in [0.5, 0.6) is 0 Å². The highest BCUT2D eigenvalue weighted by atomic mass is 31.2. The number of phosphoric acid groups is 1. The Morgan fingerprint density at radius 3 is 1.26 bits per heavy atom. The topological polar surface area (TPSA) is 111 Å². The van der Waals surface area contributed by atoms with Gasteiger partial charge in [-0.2, -0.15) is 0 Å². The first kappa shape index (κ1) is 74.7. The Kier molecular flexibility index (Phi) is 54.5. The van der Waals surface area contributed by atoms with Gasteiger partial charge in [-0.1, -0.05) is 252 Å². The van der Waals surface area contributed by atoms with Crippen LogP contribution in [0.3, 0.4) is 0 Å².